The van der Waals surface area contributed by atoms with Crippen LogP contribution in [0.2, 0.25) is 0 Å². The molecule has 2 aliphatic heterocycles. The molecule has 6 nitrogen and oxygen atoms in total. The first-order chi connectivity index (χ1) is 11.6. The predicted molar refractivity (Wildman–Crippen MR) is 89.3 cm³/mol. The lowest BCUT2D eigenvalue weighted by Crippen LogP contribution is -2.42. The molecule has 2 atom stereocenters. The first kappa shape index (κ1) is 16.9. The number of hydrogen-bond acceptors (Lipinski definition) is 4. The van der Waals surface area contributed by atoms with E-state index in [2.05, 4.69) is 11.9 Å². The van der Waals surface area contributed by atoms with Crippen LogP contribution >= 0.6 is 0 Å². The Morgan fingerprint density at radius 3 is 2.67 bits per heavy atom. The van der Waals surface area contributed by atoms with E-state index in [4.69, 9.17) is 10.5 Å². The minimum absolute atomic E-state index is 0.00565. The number of rotatable bonds is 4. The summed E-state index contributed by atoms with van der Waals surface area (Å²) in [7, 11) is 0. The third-order valence-electron chi connectivity index (χ3n) is 5.17. The van der Waals surface area contributed by atoms with Gasteiger partial charge in [0.05, 0.1) is 6.10 Å². The summed E-state index contributed by atoms with van der Waals surface area (Å²) in [6.07, 6.45) is 5.65. The summed E-state index contributed by atoms with van der Waals surface area (Å²) in [6.45, 7) is 3.49. The Kier molecular flexibility index (Phi) is 5.14. The zero-order valence-electron chi connectivity index (χ0n) is 14.1. The highest BCUT2D eigenvalue weighted by molar-refractivity contribution is 5.92. The number of aryl methyl sites for hydroxylation is 1. The predicted octanol–water partition coefficient (Wildman–Crippen LogP) is 1.53. The molecular weight excluding hydrogens is 306 g/mol. The molecule has 2 N–H and O–H groups in total. The Morgan fingerprint density at radius 2 is 2.04 bits per heavy atom. The van der Waals surface area contributed by atoms with Crippen molar-refractivity contribution in [1.82, 2.24) is 9.88 Å². The summed E-state index contributed by atoms with van der Waals surface area (Å²) in [4.78, 5) is 29.9. The van der Waals surface area contributed by atoms with E-state index in [-0.39, 0.29) is 17.9 Å². The third kappa shape index (κ3) is 3.59. The van der Waals surface area contributed by atoms with Crippen molar-refractivity contribution in [2.75, 3.05) is 13.1 Å². The second-order valence-electron chi connectivity index (χ2n) is 6.68. The summed E-state index contributed by atoms with van der Waals surface area (Å²) in [5, 5.41) is 0. The maximum atomic E-state index is 12.6. The van der Waals surface area contributed by atoms with Crippen LogP contribution in [0.3, 0.4) is 0 Å². The zero-order valence-corrected chi connectivity index (χ0v) is 14.1. The summed E-state index contributed by atoms with van der Waals surface area (Å²) >= 11 is 0. The Morgan fingerprint density at radius 1 is 1.29 bits per heavy atom. The van der Waals surface area contributed by atoms with Gasteiger partial charge < -0.3 is 15.4 Å². The molecule has 2 aliphatic rings. The molecule has 2 fully saturated rings. The van der Waals surface area contributed by atoms with Gasteiger partial charge in [0.15, 0.2) is 0 Å². The first-order valence-corrected chi connectivity index (χ1v) is 8.77. The second-order valence-corrected chi connectivity index (χ2v) is 6.68. The number of pyridine rings is 1. The summed E-state index contributed by atoms with van der Waals surface area (Å²) in [5.41, 5.74) is 6.97. The van der Waals surface area contributed by atoms with Gasteiger partial charge in [-0.05, 0) is 55.7 Å². The van der Waals surface area contributed by atoms with Crippen molar-refractivity contribution in [3.63, 3.8) is 0 Å². The lowest BCUT2D eigenvalue weighted by Gasteiger charge is -2.34. The van der Waals surface area contributed by atoms with Crippen molar-refractivity contribution in [1.29, 1.82) is 0 Å². The second kappa shape index (κ2) is 7.30. The van der Waals surface area contributed by atoms with E-state index in [1.165, 1.54) is 0 Å². The number of nitrogens with zero attached hydrogens (tertiary/aromatic N) is 2. The van der Waals surface area contributed by atoms with Crippen molar-refractivity contribution in [3.8, 4) is 0 Å². The molecule has 0 unspecified atom stereocenters. The number of carbonyl (C=O) groups excluding carboxylic acids is 2. The molecule has 0 spiro atoms. The van der Waals surface area contributed by atoms with Crippen LogP contribution in [0.25, 0.3) is 0 Å². The van der Waals surface area contributed by atoms with Crippen LogP contribution in [0.4, 0.5) is 0 Å². The van der Waals surface area contributed by atoms with Gasteiger partial charge in [-0.1, -0.05) is 6.92 Å². The van der Waals surface area contributed by atoms with Crippen molar-refractivity contribution < 1.29 is 14.3 Å². The Bertz CT molecular complexity index is 611. The largest absolute Gasteiger partial charge is 0.367 e. The molecular formula is C18H25N3O3. The number of ether oxygens (including phenoxy) is 1. The van der Waals surface area contributed by atoms with Crippen LogP contribution in [-0.2, 0) is 16.0 Å². The van der Waals surface area contributed by atoms with Gasteiger partial charge in [0, 0.05) is 19.3 Å². The summed E-state index contributed by atoms with van der Waals surface area (Å²) in [5.74, 6) is 0.0337. The highest BCUT2D eigenvalue weighted by atomic mass is 16.5. The van der Waals surface area contributed by atoms with E-state index >= 15 is 0 Å². The average Bonchev–Trinajstić information content (AvgIpc) is 3.12. The van der Waals surface area contributed by atoms with Crippen molar-refractivity contribution >= 4 is 11.8 Å². The van der Waals surface area contributed by atoms with Gasteiger partial charge in [0.25, 0.3) is 5.91 Å². The zero-order chi connectivity index (χ0) is 17.1. The fourth-order valence-electron chi connectivity index (χ4n) is 3.67. The lowest BCUT2D eigenvalue weighted by atomic mass is 9.89. The Labute approximate surface area is 142 Å². The average molecular weight is 331 g/mol. The van der Waals surface area contributed by atoms with Crippen LogP contribution < -0.4 is 5.73 Å². The van der Waals surface area contributed by atoms with Gasteiger partial charge in [-0.25, -0.2) is 0 Å². The monoisotopic (exact) mass is 331 g/mol. The minimum Gasteiger partial charge on any atom is -0.367 e. The van der Waals surface area contributed by atoms with Gasteiger partial charge in [0.1, 0.15) is 11.8 Å². The van der Waals surface area contributed by atoms with E-state index in [1.54, 1.807) is 6.20 Å². The number of primary amides is 1. The van der Waals surface area contributed by atoms with Crippen molar-refractivity contribution in [3.05, 3.63) is 29.6 Å². The third-order valence-corrected chi connectivity index (χ3v) is 5.17. The van der Waals surface area contributed by atoms with Crippen LogP contribution in [-0.4, -0.2) is 47.0 Å². The van der Waals surface area contributed by atoms with Gasteiger partial charge in [0.2, 0.25) is 5.91 Å². The Balaban J connectivity index is 1.55. The van der Waals surface area contributed by atoms with Gasteiger partial charge in [-0.3, -0.25) is 14.6 Å². The van der Waals surface area contributed by atoms with Crippen LogP contribution in [0.1, 0.15) is 48.7 Å². The molecule has 3 heterocycles. The standard InChI is InChI=1S/C18H25N3O3/c1-2-12-5-8-20-14(11-12)18(23)21-9-6-13(7-10-21)15-3-4-16(24-15)17(19)22/h5,8,11,13,15-16H,2-4,6-7,9-10H2,1H3,(H2,19,22)/t15-,16+/m0/s1. The van der Waals surface area contributed by atoms with Gasteiger partial charge in [-0.2, -0.15) is 0 Å². The molecule has 0 aromatic carbocycles. The molecule has 0 bridgehead atoms. The molecule has 130 valence electrons. The number of likely N-dealkylation sites (tertiary alicyclic amines) is 1. The van der Waals surface area contributed by atoms with Crippen LogP contribution in [0.5, 0.6) is 0 Å². The Hall–Kier alpha value is -1.95. The fourth-order valence-corrected chi connectivity index (χ4v) is 3.67. The maximum absolute atomic E-state index is 12.6. The molecule has 1 aromatic heterocycles. The SMILES string of the molecule is CCc1ccnc(C(=O)N2CCC([C@@H]3CC[C@H](C(N)=O)O3)CC2)c1. The number of amides is 2. The smallest absolute Gasteiger partial charge is 0.272 e. The summed E-state index contributed by atoms with van der Waals surface area (Å²) in [6, 6.07) is 3.82. The topological polar surface area (TPSA) is 85.5 Å². The molecule has 0 saturated carbocycles. The first-order valence-electron chi connectivity index (χ1n) is 8.77. The number of aromatic nitrogens is 1. The lowest BCUT2D eigenvalue weighted by molar-refractivity contribution is -0.130. The van der Waals surface area contributed by atoms with E-state index in [0.717, 1.165) is 31.2 Å². The molecule has 0 aliphatic carbocycles. The highest BCUT2D eigenvalue weighted by Gasteiger charge is 2.36. The molecule has 3 rings (SSSR count). The number of carbonyl (C=O) groups is 2. The molecule has 2 saturated heterocycles. The molecule has 1 aromatic rings. The molecule has 0 radical (unpaired) electrons. The van der Waals surface area contributed by atoms with E-state index in [9.17, 15) is 9.59 Å². The molecule has 24 heavy (non-hydrogen) atoms. The number of piperidine rings is 1. The minimum atomic E-state index is -0.435. The maximum Gasteiger partial charge on any atom is 0.272 e. The van der Waals surface area contributed by atoms with Gasteiger partial charge in [-0.15, -0.1) is 0 Å². The van der Waals surface area contributed by atoms with Crippen molar-refractivity contribution in [2.45, 2.75) is 51.2 Å². The fraction of sp³-hybridized carbons (Fsp3) is 0.611. The quantitative estimate of drug-likeness (QED) is 0.906. The number of hydrogen-bond donors (Lipinski definition) is 1. The van der Waals surface area contributed by atoms with Crippen LogP contribution in [0.15, 0.2) is 18.3 Å². The van der Waals surface area contributed by atoms with Crippen LogP contribution in [0, 0.1) is 5.92 Å². The van der Waals surface area contributed by atoms with E-state index < -0.39 is 6.10 Å². The van der Waals surface area contributed by atoms with E-state index in [0.29, 0.717) is 31.1 Å². The molecule has 2 amide bonds. The van der Waals surface area contributed by atoms with Crippen molar-refractivity contribution in [2.24, 2.45) is 11.7 Å². The van der Waals surface area contributed by atoms with Gasteiger partial charge >= 0.3 is 0 Å². The van der Waals surface area contributed by atoms with E-state index in [1.807, 2.05) is 17.0 Å². The molecule has 6 heteroatoms. The summed E-state index contributed by atoms with van der Waals surface area (Å²) < 4.78 is 5.78. The number of nitrogens with two attached hydrogens (primary N) is 1. The normalized spacial score (nSPS) is 25.0. The highest BCUT2D eigenvalue weighted by Crippen LogP contribution is 2.32.